The number of amidine groups is 1. The van der Waals surface area contributed by atoms with Crippen LogP contribution >= 0.6 is 62.5 Å². The van der Waals surface area contributed by atoms with Crippen molar-refractivity contribution in [3.63, 3.8) is 0 Å². The predicted molar refractivity (Wildman–Crippen MR) is 144 cm³/mol. The van der Waals surface area contributed by atoms with Crippen LogP contribution in [0.25, 0.3) is 6.08 Å². The van der Waals surface area contributed by atoms with Crippen molar-refractivity contribution in [3.8, 4) is 5.75 Å². The van der Waals surface area contributed by atoms with E-state index >= 15 is 0 Å². The van der Waals surface area contributed by atoms with Crippen molar-refractivity contribution in [1.29, 1.82) is 0 Å². The Kier molecular flexibility index (Phi) is 8.03. The maximum absolute atomic E-state index is 12.4. The predicted octanol–water partition coefficient (Wildman–Crippen LogP) is 7.79. The molecule has 3 aromatic carbocycles. The number of aliphatic imine (C=N–C) groups is 1. The van der Waals surface area contributed by atoms with E-state index in [0.717, 1.165) is 17.3 Å². The molecule has 7 nitrogen and oxygen atoms in total. The topological polar surface area (TPSA) is 93.8 Å². The van der Waals surface area contributed by atoms with Gasteiger partial charge in [0, 0.05) is 12.1 Å². The summed E-state index contributed by atoms with van der Waals surface area (Å²) in [6.07, 6.45) is 1.68. The minimum absolute atomic E-state index is 0.00281. The lowest BCUT2D eigenvalue weighted by Crippen LogP contribution is -2.19. The summed E-state index contributed by atoms with van der Waals surface area (Å²) in [6, 6.07) is 14.6. The fourth-order valence-electron chi connectivity index (χ4n) is 2.99. The zero-order valence-corrected chi connectivity index (χ0v) is 22.1. The molecule has 0 radical (unpaired) electrons. The number of amides is 1. The number of carbonyl (C=O) groups is 1. The number of ether oxygens (including phenoxy) is 1. The van der Waals surface area contributed by atoms with Gasteiger partial charge in [-0.15, -0.1) is 0 Å². The van der Waals surface area contributed by atoms with E-state index in [1.54, 1.807) is 48.5 Å². The molecule has 1 amide bonds. The Morgan fingerprint density at radius 3 is 2.54 bits per heavy atom. The number of thioether (sulfide) groups is 1. The maximum atomic E-state index is 12.4. The van der Waals surface area contributed by atoms with Gasteiger partial charge in [0.25, 0.3) is 11.6 Å². The number of nitro benzene ring substituents is 1. The van der Waals surface area contributed by atoms with Crippen LogP contribution in [-0.4, -0.2) is 16.0 Å². The number of non-ortho nitro benzene ring substituents is 1. The molecule has 4 rings (SSSR count). The highest BCUT2D eigenvalue weighted by molar-refractivity contribution is 9.10. The highest BCUT2D eigenvalue weighted by Crippen LogP contribution is 2.38. The van der Waals surface area contributed by atoms with Crippen LogP contribution < -0.4 is 10.1 Å². The summed E-state index contributed by atoms with van der Waals surface area (Å²) in [4.78, 5) is 27.6. The van der Waals surface area contributed by atoms with Crippen molar-refractivity contribution in [3.05, 3.63) is 100 Å². The molecule has 1 saturated heterocycles. The lowest BCUT2D eigenvalue weighted by Gasteiger charge is -2.11. The number of rotatable bonds is 6. The quantitative estimate of drug-likeness (QED) is 0.174. The Hall–Kier alpha value is -2.56. The summed E-state index contributed by atoms with van der Waals surface area (Å²) in [5.74, 6) is 0.103. The van der Waals surface area contributed by atoms with Crippen LogP contribution in [0.1, 0.15) is 11.1 Å². The van der Waals surface area contributed by atoms with E-state index in [-0.39, 0.29) is 18.2 Å². The number of halogens is 4. The van der Waals surface area contributed by atoms with E-state index < -0.39 is 4.92 Å². The Labute approximate surface area is 227 Å². The molecule has 3 aromatic rings. The van der Waals surface area contributed by atoms with Crippen LogP contribution in [0.2, 0.25) is 15.1 Å². The number of benzene rings is 3. The highest BCUT2D eigenvalue weighted by atomic mass is 79.9. The zero-order chi connectivity index (χ0) is 25.1. The lowest BCUT2D eigenvalue weighted by atomic mass is 10.2. The molecule has 1 N–H and O–H groups in total. The van der Waals surface area contributed by atoms with Gasteiger partial charge in [-0.05, 0) is 81.3 Å². The highest BCUT2D eigenvalue weighted by Gasteiger charge is 2.24. The second-order valence-electron chi connectivity index (χ2n) is 7.08. The molecular formula is C23H13BrCl3N3O4S. The van der Waals surface area contributed by atoms with Crippen LogP contribution in [0.4, 0.5) is 11.4 Å². The minimum Gasteiger partial charge on any atom is -0.486 e. The van der Waals surface area contributed by atoms with E-state index in [9.17, 15) is 14.9 Å². The molecule has 0 saturated carbocycles. The maximum Gasteiger partial charge on any atom is 0.269 e. The molecule has 178 valence electrons. The summed E-state index contributed by atoms with van der Waals surface area (Å²) in [7, 11) is 0. The Bertz CT molecular complexity index is 1370. The van der Waals surface area contributed by atoms with E-state index in [1.807, 2.05) is 0 Å². The largest absolute Gasteiger partial charge is 0.486 e. The first-order valence-corrected chi connectivity index (χ1v) is 12.5. The van der Waals surface area contributed by atoms with E-state index in [0.29, 0.717) is 46.6 Å². The van der Waals surface area contributed by atoms with Crippen molar-refractivity contribution in [2.45, 2.75) is 6.61 Å². The summed E-state index contributed by atoms with van der Waals surface area (Å²) < 4.78 is 6.39. The molecule has 12 heteroatoms. The van der Waals surface area contributed by atoms with Gasteiger partial charge in [0.2, 0.25) is 0 Å². The second kappa shape index (κ2) is 11.0. The second-order valence-corrected chi connectivity index (χ2v) is 10.2. The summed E-state index contributed by atoms with van der Waals surface area (Å²) >= 11 is 23.2. The first-order chi connectivity index (χ1) is 16.7. The molecule has 0 aliphatic carbocycles. The molecule has 0 spiro atoms. The third-order valence-corrected chi connectivity index (χ3v) is 7.24. The first-order valence-electron chi connectivity index (χ1n) is 9.80. The third kappa shape index (κ3) is 6.17. The van der Waals surface area contributed by atoms with Crippen LogP contribution in [0.15, 0.2) is 69.0 Å². The van der Waals surface area contributed by atoms with Crippen LogP contribution in [0.5, 0.6) is 5.75 Å². The molecule has 0 unspecified atom stereocenters. The molecule has 0 atom stereocenters. The molecule has 0 bridgehead atoms. The summed E-state index contributed by atoms with van der Waals surface area (Å²) in [5.41, 5.74) is 1.87. The monoisotopic (exact) mass is 611 g/mol. The Balaban J connectivity index is 1.49. The van der Waals surface area contributed by atoms with Gasteiger partial charge in [-0.25, -0.2) is 4.99 Å². The average molecular weight is 614 g/mol. The van der Waals surface area contributed by atoms with Crippen molar-refractivity contribution in [2.75, 3.05) is 0 Å². The van der Waals surface area contributed by atoms with Crippen molar-refractivity contribution in [2.24, 2.45) is 4.99 Å². The number of nitro groups is 1. The standard InChI is InChI=1S/C23H13BrCl3N3O4S/c24-15-8-13(9-17(26)21(15)34-11-12-4-6-14(7-5-12)30(32)33)10-19-22(31)29-23(35-19)28-18-3-1-2-16(25)20(18)27/h1-10H,11H2,(H,28,29,31)/b19-10-. The van der Waals surface area contributed by atoms with E-state index in [4.69, 9.17) is 39.5 Å². The van der Waals surface area contributed by atoms with E-state index in [1.165, 1.54) is 12.1 Å². The number of hydrogen-bond donors (Lipinski definition) is 1. The Morgan fingerprint density at radius 2 is 1.86 bits per heavy atom. The lowest BCUT2D eigenvalue weighted by molar-refractivity contribution is -0.384. The SMILES string of the molecule is O=C1NC(=Nc2cccc(Cl)c2Cl)S/C1=C\c1cc(Cl)c(OCc2ccc([N+](=O)[O-])cc2)c(Br)c1. The van der Waals surface area contributed by atoms with Gasteiger partial charge in [-0.1, -0.05) is 40.9 Å². The van der Waals surface area contributed by atoms with Crippen molar-refractivity contribution in [1.82, 2.24) is 5.32 Å². The molecule has 1 heterocycles. The number of nitrogens with zero attached hydrogens (tertiary/aromatic N) is 2. The minimum atomic E-state index is -0.463. The smallest absolute Gasteiger partial charge is 0.269 e. The van der Waals surface area contributed by atoms with Gasteiger partial charge in [-0.3, -0.25) is 14.9 Å². The van der Waals surface area contributed by atoms with E-state index in [2.05, 4.69) is 26.2 Å². The zero-order valence-electron chi connectivity index (χ0n) is 17.4. The van der Waals surface area contributed by atoms with Gasteiger partial charge in [0.05, 0.1) is 35.1 Å². The van der Waals surface area contributed by atoms with Gasteiger partial charge >= 0.3 is 0 Å². The molecule has 1 aliphatic heterocycles. The molecular weight excluding hydrogens is 601 g/mol. The van der Waals surface area contributed by atoms with Gasteiger partial charge < -0.3 is 10.1 Å². The average Bonchev–Trinajstić information content (AvgIpc) is 3.15. The van der Waals surface area contributed by atoms with Crippen molar-refractivity contribution >= 4 is 91.0 Å². The number of nitrogens with one attached hydrogen (secondary N) is 1. The summed E-state index contributed by atoms with van der Waals surface area (Å²) in [5, 5.41) is 14.9. The Morgan fingerprint density at radius 1 is 1.11 bits per heavy atom. The number of carbonyl (C=O) groups excluding carboxylic acids is 1. The fraction of sp³-hybridized carbons (Fsp3) is 0.0435. The van der Waals surface area contributed by atoms with Gasteiger partial charge in [0.1, 0.15) is 6.61 Å². The fourth-order valence-corrected chi connectivity index (χ4v) is 5.15. The van der Waals surface area contributed by atoms with Crippen LogP contribution in [0.3, 0.4) is 0 Å². The van der Waals surface area contributed by atoms with Crippen LogP contribution in [-0.2, 0) is 11.4 Å². The van der Waals surface area contributed by atoms with Crippen molar-refractivity contribution < 1.29 is 14.5 Å². The van der Waals surface area contributed by atoms with Crippen LogP contribution in [0, 0.1) is 10.1 Å². The molecule has 35 heavy (non-hydrogen) atoms. The molecule has 0 aromatic heterocycles. The molecule has 1 aliphatic rings. The summed E-state index contributed by atoms with van der Waals surface area (Å²) in [6.45, 7) is 0.168. The normalized spacial score (nSPS) is 15.5. The first kappa shape index (κ1) is 25.5. The molecule has 1 fully saturated rings. The van der Waals surface area contributed by atoms with Gasteiger partial charge in [0.15, 0.2) is 10.9 Å². The third-order valence-electron chi connectivity index (χ3n) is 4.65. The van der Waals surface area contributed by atoms with Gasteiger partial charge in [-0.2, -0.15) is 0 Å². The number of hydrogen-bond acceptors (Lipinski definition) is 6.